The zero-order valence-corrected chi connectivity index (χ0v) is 13.3. The molecule has 2 rings (SSSR count). The zero-order chi connectivity index (χ0) is 14.4. The van der Waals surface area contributed by atoms with Crippen LogP contribution in [0.1, 0.15) is 12.1 Å². The molecule has 0 spiro atoms. The lowest BCUT2D eigenvalue weighted by Crippen LogP contribution is -2.26. The van der Waals surface area contributed by atoms with Crippen LogP contribution < -0.4 is 10.2 Å². The summed E-state index contributed by atoms with van der Waals surface area (Å²) in [5.41, 5.74) is 0.994. The monoisotopic (exact) mass is 319 g/mol. The summed E-state index contributed by atoms with van der Waals surface area (Å²) in [5.74, 6) is 0.522. The maximum atomic E-state index is 11.6. The predicted octanol–water partition coefficient (Wildman–Crippen LogP) is 0.504. The Morgan fingerprint density at radius 3 is 3.10 bits per heavy atom. The van der Waals surface area contributed by atoms with Gasteiger partial charge in [-0.05, 0) is 6.42 Å². The second kappa shape index (κ2) is 7.35. The summed E-state index contributed by atoms with van der Waals surface area (Å²) in [6, 6.07) is 0. The van der Waals surface area contributed by atoms with Crippen molar-refractivity contribution < 1.29 is 13.2 Å². The van der Waals surface area contributed by atoms with Crippen LogP contribution in [0.4, 0.5) is 5.13 Å². The van der Waals surface area contributed by atoms with Crippen LogP contribution in [0.25, 0.3) is 0 Å². The minimum atomic E-state index is -2.86. The Kier molecular flexibility index (Phi) is 5.76. The molecule has 0 radical (unpaired) electrons. The lowest BCUT2D eigenvalue weighted by molar-refractivity contribution is 0.199. The number of hydrogen-bond acceptors (Lipinski definition) is 7. The summed E-state index contributed by atoms with van der Waals surface area (Å²) in [7, 11) is -1.19. The van der Waals surface area contributed by atoms with Crippen molar-refractivity contribution in [1.82, 2.24) is 10.3 Å². The van der Waals surface area contributed by atoms with Crippen molar-refractivity contribution in [3.63, 3.8) is 0 Å². The number of aromatic nitrogens is 1. The Bertz CT molecular complexity index is 516. The molecule has 1 N–H and O–H groups in total. The zero-order valence-electron chi connectivity index (χ0n) is 11.7. The summed E-state index contributed by atoms with van der Waals surface area (Å²) < 4.78 is 28.1. The summed E-state index contributed by atoms with van der Waals surface area (Å²) in [6.07, 6.45) is 0.684. The fourth-order valence-corrected chi connectivity index (χ4v) is 4.19. The Labute approximate surface area is 124 Å². The van der Waals surface area contributed by atoms with Crippen molar-refractivity contribution in [2.24, 2.45) is 0 Å². The number of nitrogens with one attached hydrogen (secondary N) is 1. The third-order valence-corrected chi connectivity index (χ3v) is 5.82. The van der Waals surface area contributed by atoms with Gasteiger partial charge in [0, 0.05) is 38.7 Å². The number of nitrogens with zero attached hydrogens (tertiary/aromatic N) is 2. The maximum Gasteiger partial charge on any atom is 0.185 e. The van der Waals surface area contributed by atoms with Crippen molar-refractivity contribution in [2.45, 2.75) is 13.0 Å². The lowest BCUT2D eigenvalue weighted by atomic mass is 10.4. The van der Waals surface area contributed by atoms with Gasteiger partial charge in [-0.3, -0.25) is 0 Å². The molecular weight excluding hydrogens is 298 g/mol. The molecule has 1 fully saturated rings. The number of methoxy groups -OCH3 is 1. The van der Waals surface area contributed by atoms with Crippen LogP contribution >= 0.6 is 11.3 Å². The molecule has 2 heterocycles. The van der Waals surface area contributed by atoms with Gasteiger partial charge in [0.05, 0.1) is 23.8 Å². The Morgan fingerprint density at radius 1 is 1.45 bits per heavy atom. The summed E-state index contributed by atoms with van der Waals surface area (Å²) in [6.45, 7) is 3.51. The maximum absolute atomic E-state index is 11.6. The molecule has 8 heteroatoms. The molecule has 0 bridgehead atoms. The van der Waals surface area contributed by atoms with Crippen molar-refractivity contribution in [2.75, 3.05) is 49.8 Å². The number of hydrogen-bond donors (Lipinski definition) is 1. The van der Waals surface area contributed by atoms with E-state index in [1.54, 1.807) is 18.4 Å². The van der Waals surface area contributed by atoms with Gasteiger partial charge in [-0.25, -0.2) is 13.4 Å². The molecule has 0 aliphatic carbocycles. The highest BCUT2D eigenvalue weighted by Gasteiger charge is 2.20. The van der Waals surface area contributed by atoms with E-state index in [4.69, 9.17) is 4.74 Å². The molecule has 1 saturated heterocycles. The topological polar surface area (TPSA) is 71.5 Å². The SMILES string of the molecule is COCCNCc1csc(N2CCCS(=O)(=O)CC2)n1. The predicted molar refractivity (Wildman–Crippen MR) is 81.2 cm³/mol. The van der Waals surface area contributed by atoms with Crippen LogP contribution in [0.15, 0.2) is 5.38 Å². The van der Waals surface area contributed by atoms with Gasteiger partial charge >= 0.3 is 0 Å². The van der Waals surface area contributed by atoms with E-state index in [0.717, 1.165) is 23.9 Å². The molecule has 1 aliphatic heterocycles. The van der Waals surface area contributed by atoms with E-state index < -0.39 is 9.84 Å². The second-order valence-corrected chi connectivity index (χ2v) is 7.92. The van der Waals surface area contributed by atoms with Gasteiger partial charge in [0.1, 0.15) is 0 Å². The normalized spacial score (nSPS) is 18.9. The summed E-state index contributed by atoms with van der Waals surface area (Å²) >= 11 is 1.58. The van der Waals surface area contributed by atoms with E-state index in [2.05, 4.69) is 15.2 Å². The molecule has 20 heavy (non-hydrogen) atoms. The fourth-order valence-electron chi connectivity index (χ4n) is 2.04. The molecule has 1 aromatic rings. The molecule has 0 amide bonds. The molecule has 6 nitrogen and oxygen atoms in total. The smallest absolute Gasteiger partial charge is 0.185 e. The van der Waals surface area contributed by atoms with Crippen LogP contribution in [0.5, 0.6) is 0 Å². The third kappa shape index (κ3) is 4.69. The van der Waals surface area contributed by atoms with E-state index in [9.17, 15) is 8.42 Å². The molecule has 1 aliphatic rings. The van der Waals surface area contributed by atoms with E-state index in [1.165, 1.54) is 0 Å². The first-order chi connectivity index (χ1) is 9.61. The average molecular weight is 319 g/mol. The second-order valence-electron chi connectivity index (χ2n) is 4.78. The first-order valence-electron chi connectivity index (χ1n) is 6.70. The molecule has 1 aromatic heterocycles. The van der Waals surface area contributed by atoms with Gasteiger partial charge < -0.3 is 15.0 Å². The van der Waals surface area contributed by atoms with E-state index in [-0.39, 0.29) is 5.75 Å². The standard InChI is InChI=1S/C12H21N3O3S2/c1-18-6-3-13-9-11-10-19-12(14-11)15-4-2-7-20(16,17)8-5-15/h10,13H,2-9H2,1H3. The molecule has 0 atom stereocenters. The first-order valence-corrected chi connectivity index (χ1v) is 9.40. The van der Waals surface area contributed by atoms with Crippen molar-refractivity contribution >= 4 is 26.3 Å². The minimum Gasteiger partial charge on any atom is -0.383 e. The van der Waals surface area contributed by atoms with Crippen molar-refractivity contribution in [3.8, 4) is 0 Å². The molecule has 0 saturated carbocycles. The molecule has 0 aromatic carbocycles. The quantitative estimate of drug-likeness (QED) is 0.770. The number of ether oxygens (including phenoxy) is 1. The Balaban J connectivity index is 1.88. The Hall–Kier alpha value is -0.700. The van der Waals surface area contributed by atoms with Gasteiger partial charge in [0.15, 0.2) is 15.0 Å². The van der Waals surface area contributed by atoms with Crippen LogP contribution in [-0.2, 0) is 21.1 Å². The van der Waals surface area contributed by atoms with Crippen LogP contribution in [0.2, 0.25) is 0 Å². The number of thiazole rings is 1. The largest absolute Gasteiger partial charge is 0.383 e. The van der Waals surface area contributed by atoms with Crippen LogP contribution in [0, 0.1) is 0 Å². The minimum absolute atomic E-state index is 0.230. The lowest BCUT2D eigenvalue weighted by Gasteiger charge is -2.17. The highest BCUT2D eigenvalue weighted by molar-refractivity contribution is 7.91. The van der Waals surface area contributed by atoms with Crippen molar-refractivity contribution in [1.29, 1.82) is 0 Å². The molecular formula is C12H21N3O3S2. The third-order valence-electron chi connectivity index (χ3n) is 3.15. The fraction of sp³-hybridized carbons (Fsp3) is 0.750. The van der Waals surface area contributed by atoms with Crippen LogP contribution in [-0.4, -0.2) is 58.3 Å². The number of anilines is 1. The number of rotatable bonds is 6. The van der Waals surface area contributed by atoms with Gasteiger partial charge in [0.2, 0.25) is 0 Å². The highest BCUT2D eigenvalue weighted by Crippen LogP contribution is 2.22. The molecule has 0 unspecified atom stereocenters. The summed E-state index contributed by atoms with van der Waals surface area (Å²) in [4.78, 5) is 6.64. The van der Waals surface area contributed by atoms with Gasteiger partial charge in [-0.1, -0.05) is 0 Å². The van der Waals surface area contributed by atoms with E-state index >= 15 is 0 Å². The van der Waals surface area contributed by atoms with E-state index in [0.29, 0.717) is 31.9 Å². The Morgan fingerprint density at radius 2 is 2.30 bits per heavy atom. The van der Waals surface area contributed by atoms with Gasteiger partial charge in [-0.15, -0.1) is 11.3 Å². The first kappa shape index (κ1) is 15.7. The summed E-state index contributed by atoms with van der Waals surface area (Å²) in [5, 5.41) is 6.19. The van der Waals surface area contributed by atoms with Crippen molar-refractivity contribution in [3.05, 3.63) is 11.1 Å². The van der Waals surface area contributed by atoms with E-state index in [1.807, 2.05) is 5.38 Å². The van der Waals surface area contributed by atoms with Gasteiger partial charge in [0.25, 0.3) is 0 Å². The highest BCUT2D eigenvalue weighted by atomic mass is 32.2. The average Bonchev–Trinajstić information content (AvgIpc) is 2.79. The number of sulfone groups is 1. The molecule has 114 valence electrons. The van der Waals surface area contributed by atoms with Gasteiger partial charge in [-0.2, -0.15) is 0 Å². The van der Waals surface area contributed by atoms with Crippen LogP contribution in [0.3, 0.4) is 0 Å².